The lowest BCUT2D eigenvalue weighted by atomic mass is 9.90. The molecule has 0 spiro atoms. The minimum atomic E-state index is -0.189. The number of carbonyl (C=O) groups excluding carboxylic acids is 2. The van der Waals surface area contributed by atoms with E-state index >= 15 is 0 Å². The van der Waals surface area contributed by atoms with Crippen LogP contribution in [0.15, 0.2) is 60.7 Å². The summed E-state index contributed by atoms with van der Waals surface area (Å²) >= 11 is 0. The molecule has 2 saturated heterocycles. The van der Waals surface area contributed by atoms with Gasteiger partial charge in [-0.05, 0) is 73.8 Å². The minimum absolute atomic E-state index is 0.00626. The highest BCUT2D eigenvalue weighted by Gasteiger charge is 2.27. The molecule has 41 heavy (non-hydrogen) atoms. The van der Waals surface area contributed by atoms with Gasteiger partial charge in [-0.3, -0.25) is 14.5 Å². The first kappa shape index (κ1) is 27.9. The molecule has 5 rings (SSSR count). The molecule has 0 aliphatic carbocycles. The number of nitrogens with zero attached hydrogens (tertiary/aromatic N) is 6. The second kappa shape index (κ2) is 13.2. The zero-order valence-corrected chi connectivity index (χ0v) is 22.9. The highest BCUT2D eigenvalue weighted by molar-refractivity contribution is 5.96. The lowest BCUT2D eigenvalue weighted by Gasteiger charge is -2.32. The average molecular weight is 549 g/mol. The van der Waals surface area contributed by atoms with E-state index in [0.29, 0.717) is 55.2 Å². The molecule has 208 valence electrons. The van der Waals surface area contributed by atoms with Crippen molar-refractivity contribution >= 4 is 17.4 Å². The maximum absolute atomic E-state index is 13.0. The van der Waals surface area contributed by atoms with Gasteiger partial charge < -0.3 is 9.64 Å². The topological polar surface area (TPSA) is 104 Å². The van der Waals surface area contributed by atoms with Gasteiger partial charge in [0.05, 0.1) is 18.2 Å². The number of carbonyl (C=O) groups is 2. The molecule has 9 nitrogen and oxygen atoms in total. The van der Waals surface area contributed by atoms with Crippen molar-refractivity contribution in [2.24, 2.45) is 5.92 Å². The summed E-state index contributed by atoms with van der Waals surface area (Å²) in [6, 6.07) is 20.1. The van der Waals surface area contributed by atoms with Crippen LogP contribution in [-0.2, 0) is 6.54 Å². The summed E-state index contributed by atoms with van der Waals surface area (Å²) in [6.45, 7) is 10.8. The summed E-state index contributed by atoms with van der Waals surface area (Å²) in [7, 11) is 0. The van der Waals surface area contributed by atoms with Gasteiger partial charge in [0.2, 0.25) is 0 Å². The Bertz CT molecular complexity index is 1430. The van der Waals surface area contributed by atoms with E-state index in [0.717, 1.165) is 38.2 Å². The number of ketones is 1. The lowest BCUT2D eigenvalue weighted by molar-refractivity contribution is 0.0588. The van der Waals surface area contributed by atoms with Gasteiger partial charge in [-0.15, -0.1) is 10.2 Å². The molecular weight excluding hydrogens is 516 g/mol. The summed E-state index contributed by atoms with van der Waals surface area (Å²) in [5.74, 6) is 0.800. The number of rotatable bonds is 8. The number of ether oxygens (including phenoxy) is 1. The van der Waals surface area contributed by atoms with E-state index in [1.54, 1.807) is 41.3 Å². The van der Waals surface area contributed by atoms with Gasteiger partial charge >= 0.3 is 0 Å². The number of aromatic nitrogens is 2. The zero-order valence-electron chi connectivity index (χ0n) is 22.9. The van der Waals surface area contributed by atoms with Crippen LogP contribution in [0, 0.1) is 23.8 Å². The van der Waals surface area contributed by atoms with E-state index in [9.17, 15) is 9.59 Å². The normalized spacial score (nSPS) is 16.5. The van der Waals surface area contributed by atoms with E-state index in [1.807, 2.05) is 24.3 Å². The Morgan fingerprint density at radius 1 is 0.902 bits per heavy atom. The number of benzene rings is 2. The standard InChI is InChI=1S/C32H32N6O3/c1-34-26-6-8-27(9-7-26)41-28-14-18-38(19-15-28)32(40)30-11-10-29(35-36-30)31(39)20-23-12-16-37(17-13-23)22-25-4-2-24(21-33)3-5-25/h2-11,23,28H,12-20,22H2. The van der Waals surface area contributed by atoms with Gasteiger partial charge in [0.15, 0.2) is 17.2 Å². The van der Waals surface area contributed by atoms with E-state index in [2.05, 4.69) is 26.0 Å². The fourth-order valence-electron chi connectivity index (χ4n) is 5.38. The lowest BCUT2D eigenvalue weighted by Crippen LogP contribution is -2.42. The van der Waals surface area contributed by atoms with Crippen LogP contribution in [0.5, 0.6) is 5.75 Å². The molecule has 2 aromatic carbocycles. The number of piperidine rings is 2. The van der Waals surface area contributed by atoms with E-state index < -0.39 is 0 Å². The third-order valence-electron chi connectivity index (χ3n) is 7.84. The number of hydrogen-bond donors (Lipinski definition) is 0. The van der Waals surface area contributed by atoms with Gasteiger partial charge in [-0.2, -0.15) is 5.26 Å². The smallest absolute Gasteiger partial charge is 0.274 e. The molecule has 3 aromatic rings. The molecule has 0 atom stereocenters. The van der Waals surface area contributed by atoms with Crippen LogP contribution in [0.4, 0.5) is 5.69 Å². The Labute approximate surface area is 240 Å². The van der Waals surface area contributed by atoms with Crippen LogP contribution in [0.25, 0.3) is 4.85 Å². The highest BCUT2D eigenvalue weighted by atomic mass is 16.5. The molecule has 2 aliphatic heterocycles. The first-order chi connectivity index (χ1) is 20.0. The first-order valence-corrected chi connectivity index (χ1v) is 14.0. The number of likely N-dealkylation sites (tertiary alicyclic amines) is 2. The van der Waals surface area contributed by atoms with Crippen molar-refractivity contribution in [1.29, 1.82) is 5.26 Å². The predicted octanol–water partition coefficient (Wildman–Crippen LogP) is 5.07. The third-order valence-corrected chi connectivity index (χ3v) is 7.84. The Morgan fingerprint density at radius 2 is 1.56 bits per heavy atom. The summed E-state index contributed by atoms with van der Waals surface area (Å²) in [6.07, 6.45) is 3.72. The summed E-state index contributed by atoms with van der Waals surface area (Å²) in [5.41, 5.74) is 2.97. The predicted molar refractivity (Wildman–Crippen MR) is 152 cm³/mol. The van der Waals surface area contributed by atoms with Gasteiger partial charge in [-0.25, -0.2) is 4.85 Å². The number of nitriles is 1. The van der Waals surface area contributed by atoms with Crippen molar-refractivity contribution in [1.82, 2.24) is 20.0 Å². The third kappa shape index (κ3) is 7.33. The molecule has 1 amide bonds. The monoisotopic (exact) mass is 548 g/mol. The van der Waals surface area contributed by atoms with Gasteiger partial charge in [0, 0.05) is 38.9 Å². The largest absolute Gasteiger partial charge is 0.490 e. The second-order valence-electron chi connectivity index (χ2n) is 10.7. The van der Waals surface area contributed by atoms with Crippen molar-refractivity contribution in [2.45, 2.75) is 44.8 Å². The minimum Gasteiger partial charge on any atom is -0.490 e. The van der Waals surface area contributed by atoms with Crippen LogP contribution in [-0.4, -0.2) is 64.0 Å². The molecule has 0 N–H and O–H groups in total. The summed E-state index contributed by atoms with van der Waals surface area (Å²) in [5, 5.41) is 17.2. The SMILES string of the molecule is [C-]#[N+]c1ccc(OC2CCN(C(=O)c3ccc(C(=O)CC4CCN(Cc5ccc(C#N)cc5)CC4)nn3)CC2)cc1. The molecular formula is C32H32N6O3. The fourth-order valence-corrected chi connectivity index (χ4v) is 5.38. The number of hydrogen-bond acceptors (Lipinski definition) is 7. The first-order valence-electron chi connectivity index (χ1n) is 14.0. The Morgan fingerprint density at radius 3 is 2.17 bits per heavy atom. The maximum Gasteiger partial charge on any atom is 0.274 e. The zero-order chi connectivity index (χ0) is 28.6. The molecule has 2 aliphatic rings. The second-order valence-corrected chi connectivity index (χ2v) is 10.7. The van der Waals surface area contributed by atoms with Crippen LogP contribution in [0.2, 0.25) is 0 Å². The fraction of sp³-hybridized carbons (Fsp3) is 0.375. The Balaban J connectivity index is 1.05. The van der Waals surface area contributed by atoms with E-state index in [-0.39, 0.29) is 23.5 Å². The number of amides is 1. The van der Waals surface area contributed by atoms with Crippen molar-refractivity contribution < 1.29 is 14.3 Å². The van der Waals surface area contributed by atoms with E-state index in [1.165, 1.54) is 5.56 Å². The Hall–Kier alpha value is -4.60. The quantitative estimate of drug-likeness (QED) is 0.286. The average Bonchev–Trinajstić information content (AvgIpc) is 3.03. The maximum atomic E-state index is 13.0. The van der Waals surface area contributed by atoms with Gasteiger partial charge in [0.25, 0.3) is 5.91 Å². The molecule has 1 aromatic heterocycles. The van der Waals surface area contributed by atoms with Gasteiger partial charge in [0.1, 0.15) is 17.5 Å². The van der Waals surface area contributed by atoms with Gasteiger partial charge in [-0.1, -0.05) is 24.3 Å². The molecule has 0 radical (unpaired) electrons. The van der Waals surface area contributed by atoms with Crippen molar-refractivity contribution in [3.05, 3.63) is 94.6 Å². The van der Waals surface area contributed by atoms with Crippen LogP contribution < -0.4 is 4.74 Å². The van der Waals surface area contributed by atoms with Crippen LogP contribution in [0.1, 0.15) is 64.2 Å². The number of Topliss-reactive ketones (excluding diaryl/α,β-unsaturated/α-hetero) is 1. The van der Waals surface area contributed by atoms with E-state index in [4.69, 9.17) is 16.6 Å². The van der Waals surface area contributed by atoms with Crippen molar-refractivity contribution in [3.63, 3.8) is 0 Å². The molecule has 0 unspecified atom stereocenters. The van der Waals surface area contributed by atoms with Crippen LogP contribution in [0.3, 0.4) is 0 Å². The molecule has 3 heterocycles. The molecule has 0 saturated carbocycles. The van der Waals surface area contributed by atoms with Crippen molar-refractivity contribution in [3.8, 4) is 11.8 Å². The Kier molecular flexibility index (Phi) is 8.98. The molecule has 9 heteroatoms. The molecule has 0 bridgehead atoms. The van der Waals surface area contributed by atoms with Crippen molar-refractivity contribution in [2.75, 3.05) is 26.2 Å². The summed E-state index contributed by atoms with van der Waals surface area (Å²) < 4.78 is 6.01. The molecule has 2 fully saturated rings. The highest BCUT2D eigenvalue weighted by Crippen LogP contribution is 2.25. The van der Waals surface area contributed by atoms with Crippen LogP contribution >= 0.6 is 0 Å². The summed E-state index contributed by atoms with van der Waals surface area (Å²) in [4.78, 5) is 33.4.